The molecule has 1 atom stereocenters. The number of rotatable bonds is 23. The molecule has 2 aromatic carbocycles. The second-order valence-electron chi connectivity index (χ2n) is 11.3. The van der Waals surface area contributed by atoms with Crippen LogP contribution in [0.4, 0.5) is 0 Å². The lowest BCUT2D eigenvalue weighted by atomic mass is 10.0. The van der Waals surface area contributed by atoms with Crippen LogP contribution in [0.5, 0.6) is 5.75 Å². The van der Waals surface area contributed by atoms with Crippen LogP contribution in [-0.2, 0) is 22.6 Å². The Kier molecular flexibility index (Phi) is 18.4. The number of ether oxygens (including phenoxy) is 1. The molecule has 2 aromatic rings. The highest BCUT2D eigenvalue weighted by Gasteiger charge is 2.37. The Balaban J connectivity index is 1.75. The molecular formula is C33H49Cl2NO6P+. The molecule has 0 spiro atoms. The third-order valence-corrected chi connectivity index (χ3v) is 8.69. The van der Waals surface area contributed by atoms with E-state index in [0.717, 1.165) is 30.4 Å². The zero-order chi connectivity index (χ0) is 31.5. The van der Waals surface area contributed by atoms with Crippen molar-refractivity contribution in [2.24, 2.45) is 0 Å². The maximum absolute atomic E-state index is 12.8. The van der Waals surface area contributed by atoms with E-state index in [1.54, 1.807) is 42.5 Å². The first-order valence-corrected chi connectivity index (χ1v) is 18.2. The van der Waals surface area contributed by atoms with Crippen molar-refractivity contribution in [2.45, 2.75) is 116 Å². The molecule has 0 saturated heterocycles. The number of carbonyl (C=O) groups excluding carboxylic acids is 2. The van der Waals surface area contributed by atoms with Crippen molar-refractivity contribution < 1.29 is 29.0 Å². The van der Waals surface area contributed by atoms with E-state index in [1.807, 2.05) is 0 Å². The van der Waals surface area contributed by atoms with E-state index in [4.69, 9.17) is 27.9 Å². The Hall–Kier alpha value is -1.73. The molecule has 0 fully saturated rings. The number of nitrogens with one attached hydrogen (secondary N) is 1. The Morgan fingerprint density at radius 3 is 1.91 bits per heavy atom. The van der Waals surface area contributed by atoms with Gasteiger partial charge in [0.15, 0.2) is 6.16 Å². The fraction of sp³-hybridized carbons (Fsp3) is 0.576. The van der Waals surface area contributed by atoms with Gasteiger partial charge in [-0.1, -0.05) is 125 Å². The summed E-state index contributed by atoms with van der Waals surface area (Å²) in [7, 11) is -4.32. The third kappa shape index (κ3) is 17.4. The molecule has 0 aliphatic carbocycles. The summed E-state index contributed by atoms with van der Waals surface area (Å²) in [4.78, 5) is 53.8. The number of carbonyl (C=O) groups is 2. The fourth-order valence-electron chi connectivity index (χ4n) is 4.89. The molecule has 0 radical (unpaired) electrons. The van der Waals surface area contributed by atoms with E-state index in [1.165, 1.54) is 64.2 Å². The molecule has 2 rings (SSSR count). The van der Waals surface area contributed by atoms with Gasteiger partial charge in [0.1, 0.15) is 12.4 Å². The van der Waals surface area contributed by atoms with Crippen molar-refractivity contribution in [2.75, 3.05) is 6.16 Å². The van der Waals surface area contributed by atoms with Crippen molar-refractivity contribution in [3.05, 3.63) is 63.6 Å². The van der Waals surface area contributed by atoms with E-state index in [2.05, 4.69) is 12.2 Å². The summed E-state index contributed by atoms with van der Waals surface area (Å²) in [6.45, 7) is 2.49. The summed E-state index contributed by atoms with van der Waals surface area (Å²) in [5, 5.41) is 3.80. The summed E-state index contributed by atoms with van der Waals surface area (Å²) in [5.41, 5.74) is 1.53. The van der Waals surface area contributed by atoms with Gasteiger partial charge in [0.25, 0.3) is 0 Å². The van der Waals surface area contributed by atoms with Crippen LogP contribution < -0.4 is 10.1 Å². The van der Waals surface area contributed by atoms with Crippen LogP contribution >= 0.6 is 31.1 Å². The highest BCUT2D eigenvalue weighted by molar-refractivity contribution is 7.59. The van der Waals surface area contributed by atoms with Crippen molar-refractivity contribution in [3.63, 3.8) is 0 Å². The first-order chi connectivity index (χ1) is 20.6. The molecule has 4 N–H and O–H groups in total. The average molecular weight is 658 g/mol. The van der Waals surface area contributed by atoms with E-state index in [9.17, 15) is 24.3 Å². The summed E-state index contributed by atoms with van der Waals surface area (Å²) in [5.74, 6) is -0.300. The molecule has 240 valence electrons. The van der Waals surface area contributed by atoms with Crippen LogP contribution in [0.2, 0.25) is 10.0 Å². The Labute approximate surface area is 267 Å². The smallest absolute Gasteiger partial charge is 0.411 e. The molecule has 0 unspecified atom stereocenters. The van der Waals surface area contributed by atoms with Crippen LogP contribution in [-0.4, -0.2) is 38.6 Å². The number of amides is 1. The van der Waals surface area contributed by atoms with Crippen molar-refractivity contribution >= 4 is 42.8 Å². The molecule has 0 bridgehead atoms. The van der Waals surface area contributed by atoms with Gasteiger partial charge in [-0.25, -0.2) is 0 Å². The summed E-state index contributed by atoms with van der Waals surface area (Å²) < 4.78 is 5.80. The Morgan fingerprint density at radius 1 is 0.814 bits per heavy atom. The quantitative estimate of drug-likeness (QED) is 0.0705. The molecule has 0 aromatic heterocycles. The van der Waals surface area contributed by atoms with Crippen molar-refractivity contribution in [1.29, 1.82) is 0 Å². The molecule has 0 saturated carbocycles. The van der Waals surface area contributed by atoms with Crippen molar-refractivity contribution in [1.82, 2.24) is 5.32 Å². The largest absolute Gasteiger partial charge is 0.489 e. The van der Waals surface area contributed by atoms with Crippen LogP contribution in [0.25, 0.3) is 0 Å². The minimum absolute atomic E-state index is 0.145. The summed E-state index contributed by atoms with van der Waals surface area (Å²) >= 11 is 12.1. The van der Waals surface area contributed by atoms with Gasteiger partial charge in [0.05, 0.1) is 6.04 Å². The van der Waals surface area contributed by atoms with Crippen LogP contribution in [0.1, 0.15) is 108 Å². The number of ketones is 1. The Morgan fingerprint density at radius 2 is 1.37 bits per heavy atom. The number of unbranched alkanes of at least 4 members (excludes halogenated alkanes) is 12. The normalized spacial score (nSPS) is 12.2. The van der Waals surface area contributed by atoms with Gasteiger partial charge in [0.2, 0.25) is 11.7 Å². The maximum Gasteiger partial charge on any atom is 0.411 e. The number of benzene rings is 2. The number of Topliss-reactive ketones (excluding diaryl/α,β-unsaturated/α-hetero) is 1. The first kappa shape index (κ1) is 37.5. The SMILES string of the molecule is CCCCCCCCCCCCCCCC(=O)N[C@@H](Cc1ccc(OCc2ccc(Cl)cc2Cl)cc1)C(=O)C[P+](O)(O)O. The minimum atomic E-state index is -4.32. The van der Waals surface area contributed by atoms with Gasteiger partial charge in [-0.15, -0.1) is 0 Å². The maximum atomic E-state index is 12.8. The standard InChI is InChI=1S/C33H48Cl2NO6P/c1-2-3-4-5-6-7-8-9-10-11-12-13-14-15-33(38)36-31(32(37)25-43(39,40)41)22-26-16-20-29(21-17-26)42-24-27-18-19-28(34)23-30(27)35/h16-21,23,31,39-41H,2-15,22,24-25H2,1H3/p+1/t31-/m0/s1. The third-order valence-electron chi connectivity index (χ3n) is 7.37. The van der Waals surface area contributed by atoms with Crippen molar-refractivity contribution in [3.8, 4) is 5.75 Å². The minimum Gasteiger partial charge on any atom is -0.489 e. The molecular weight excluding hydrogens is 608 g/mol. The summed E-state index contributed by atoms with van der Waals surface area (Å²) in [6.07, 6.45) is 15.4. The first-order valence-electron chi connectivity index (χ1n) is 15.6. The highest BCUT2D eigenvalue weighted by Crippen LogP contribution is 2.44. The zero-order valence-corrected chi connectivity index (χ0v) is 27.8. The number of hydrogen-bond donors (Lipinski definition) is 4. The van der Waals surface area contributed by atoms with Gasteiger partial charge in [-0.05, 0) is 42.7 Å². The van der Waals surface area contributed by atoms with E-state index in [-0.39, 0.29) is 18.9 Å². The molecule has 7 nitrogen and oxygen atoms in total. The predicted molar refractivity (Wildman–Crippen MR) is 177 cm³/mol. The molecule has 43 heavy (non-hydrogen) atoms. The lowest BCUT2D eigenvalue weighted by Crippen LogP contribution is -2.43. The monoisotopic (exact) mass is 656 g/mol. The number of hydrogen-bond acceptors (Lipinski definition) is 6. The van der Waals surface area contributed by atoms with Gasteiger partial charge in [-0.2, -0.15) is 14.7 Å². The predicted octanol–water partition coefficient (Wildman–Crippen LogP) is 8.39. The van der Waals surface area contributed by atoms with Crippen LogP contribution in [0.15, 0.2) is 42.5 Å². The lowest BCUT2D eigenvalue weighted by molar-refractivity contribution is -0.126. The van der Waals surface area contributed by atoms with Gasteiger partial charge < -0.3 is 10.1 Å². The zero-order valence-electron chi connectivity index (χ0n) is 25.4. The molecule has 1 amide bonds. The molecule has 0 aliphatic rings. The molecule has 0 aliphatic heterocycles. The van der Waals surface area contributed by atoms with E-state index in [0.29, 0.717) is 22.2 Å². The number of halogens is 2. The topological polar surface area (TPSA) is 116 Å². The summed E-state index contributed by atoms with van der Waals surface area (Å²) in [6, 6.07) is 11.2. The molecule has 10 heteroatoms. The van der Waals surface area contributed by atoms with Gasteiger partial charge >= 0.3 is 7.94 Å². The van der Waals surface area contributed by atoms with Crippen LogP contribution in [0.3, 0.4) is 0 Å². The fourth-order valence-corrected chi connectivity index (χ4v) is 5.99. The lowest BCUT2D eigenvalue weighted by Gasteiger charge is -2.18. The van der Waals surface area contributed by atoms with Crippen LogP contribution in [0, 0.1) is 0 Å². The molecule has 0 heterocycles. The second-order valence-corrected chi connectivity index (χ2v) is 13.8. The highest BCUT2D eigenvalue weighted by atomic mass is 35.5. The Bertz CT molecular complexity index is 1090. The van der Waals surface area contributed by atoms with Gasteiger partial charge in [-0.3, -0.25) is 9.59 Å². The van der Waals surface area contributed by atoms with Gasteiger partial charge in [0, 0.05) is 22.0 Å². The van der Waals surface area contributed by atoms with E-state index >= 15 is 0 Å². The van der Waals surface area contributed by atoms with E-state index < -0.39 is 25.9 Å². The average Bonchev–Trinajstić information content (AvgIpc) is 2.94. The second kappa shape index (κ2) is 21.1.